The highest BCUT2D eigenvalue weighted by atomic mass is 35.5. The molecule has 1 atom stereocenters. The van der Waals surface area contributed by atoms with Crippen LogP contribution < -0.4 is 15.5 Å². The first-order valence-electron chi connectivity index (χ1n) is 5.69. The largest absolute Gasteiger partial charge is 0.333 e. The molecule has 0 aliphatic carbocycles. The molecule has 92 valence electrons. The summed E-state index contributed by atoms with van der Waals surface area (Å²) in [5.74, 6) is 0. The molecule has 0 radical (unpaired) electrons. The molecule has 1 aromatic carbocycles. The first-order chi connectivity index (χ1) is 8.20. The number of carbonyl (C=O) groups excluding carboxylic acids is 1. The highest BCUT2D eigenvalue weighted by Crippen LogP contribution is 2.21. The monoisotopic (exact) mass is 253 g/mol. The summed E-state index contributed by atoms with van der Waals surface area (Å²) in [7, 11) is 1.91. The molecular weight excluding hydrogens is 238 g/mol. The van der Waals surface area contributed by atoms with Crippen LogP contribution in [0.5, 0.6) is 0 Å². The summed E-state index contributed by atoms with van der Waals surface area (Å²) in [6.45, 7) is 1.61. The smallest absolute Gasteiger partial charge is 0.322 e. The van der Waals surface area contributed by atoms with Crippen LogP contribution in [-0.4, -0.2) is 32.2 Å². The molecule has 5 heteroatoms. The third-order valence-electron chi connectivity index (χ3n) is 2.86. The maximum absolute atomic E-state index is 11.8. The van der Waals surface area contributed by atoms with Gasteiger partial charge in [-0.15, -0.1) is 0 Å². The number of nitrogens with one attached hydrogen (secondary N) is 2. The van der Waals surface area contributed by atoms with Crippen LogP contribution in [0.25, 0.3) is 0 Å². The molecule has 1 aliphatic heterocycles. The van der Waals surface area contributed by atoms with Gasteiger partial charge in [0.2, 0.25) is 0 Å². The van der Waals surface area contributed by atoms with Crippen molar-refractivity contribution in [2.24, 2.45) is 0 Å². The maximum Gasteiger partial charge on any atom is 0.322 e. The number of amides is 2. The van der Waals surface area contributed by atoms with Crippen LogP contribution in [0.2, 0.25) is 5.02 Å². The normalized spacial score (nSPS) is 19.5. The van der Waals surface area contributed by atoms with Crippen molar-refractivity contribution in [3.63, 3.8) is 0 Å². The lowest BCUT2D eigenvalue weighted by Crippen LogP contribution is -2.29. The topological polar surface area (TPSA) is 44.4 Å². The summed E-state index contributed by atoms with van der Waals surface area (Å²) >= 11 is 5.82. The number of urea groups is 1. The number of benzene rings is 1. The van der Waals surface area contributed by atoms with Crippen LogP contribution in [0.1, 0.15) is 6.42 Å². The molecule has 2 N–H and O–H groups in total. The average molecular weight is 254 g/mol. The molecule has 0 spiro atoms. The minimum atomic E-state index is -0.0339. The van der Waals surface area contributed by atoms with E-state index in [0.29, 0.717) is 11.6 Å². The van der Waals surface area contributed by atoms with Gasteiger partial charge in [0, 0.05) is 23.3 Å². The van der Waals surface area contributed by atoms with Crippen molar-refractivity contribution < 1.29 is 4.79 Å². The van der Waals surface area contributed by atoms with Crippen molar-refractivity contribution in [1.29, 1.82) is 0 Å². The van der Waals surface area contributed by atoms with Crippen LogP contribution >= 0.6 is 11.6 Å². The van der Waals surface area contributed by atoms with Gasteiger partial charge in [-0.2, -0.15) is 0 Å². The number of hydrogen-bond donors (Lipinski definition) is 2. The Morgan fingerprint density at radius 1 is 1.47 bits per heavy atom. The fourth-order valence-electron chi connectivity index (χ4n) is 1.93. The number of rotatable bonds is 4. The Morgan fingerprint density at radius 2 is 2.18 bits per heavy atom. The van der Waals surface area contributed by atoms with Gasteiger partial charge < -0.3 is 10.6 Å². The van der Waals surface area contributed by atoms with E-state index in [1.807, 2.05) is 19.2 Å². The zero-order chi connectivity index (χ0) is 12.3. The van der Waals surface area contributed by atoms with Crippen LogP contribution in [0.3, 0.4) is 0 Å². The van der Waals surface area contributed by atoms with Crippen LogP contribution in [-0.2, 0) is 0 Å². The molecule has 1 saturated heterocycles. The summed E-state index contributed by atoms with van der Waals surface area (Å²) in [6.07, 6.45) is 0.937. The third-order valence-corrected chi connectivity index (χ3v) is 3.11. The van der Waals surface area contributed by atoms with Gasteiger partial charge >= 0.3 is 6.03 Å². The van der Waals surface area contributed by atoms with E-state index in [9.17, 15) is 4.79 Å². The van der Waals surface area contributed by atoms with Crippen molar-refractivity contribution in [2.45, 2.75) is 12.5 Å². The third kappa shape index (κ3) is 2.90. The molecule has 1 fully saturated rings. The Balaban J connectivity index is 2.02. The van der Waals surface area contributed by atoms with Crippen molar-refractivity contribution in [1.82, 2.24) is 10.6 Å². The van der Waals surface area contributed by atoms with Crippen LogP contribution in [0.15, 0.2) is 24.3 Å². The van der Waals surface area contributed by atoms with Gasteiger partial charge in [0.1, 0.15) is 0 Å². The zero-order valence-electron chi connectivity index (χ0n) is 9.74. The molecule has 4 nitrogen and oxygen atoms in total. The number of carbonyl (C=O) groups is 1. The van der Waals surface area contributed by atoms with Crippen molar-refractivity contribution in [3.8, 4) is 0 Å². The molecule has 1 aliphatic rings. The zero-order valence-corrected chi connectivity index (χ0v) is 10.5. The van der Waals surface area contributed by atoms with Gasteiger partial charge in [-0.1, -0.05) is 11.6 Å². The number of nitrogens with zero attached hydrogens (tertiary/aromatic N) is 1. The summed E-state index contributed by atoms with van der Waals surface area (Å²) in [5, 5.41) is 6.73. The quantitative estimate of drug-likeness (QED) is 0.860. The molecule has 0 bridgehead atoms. The number of anilines is 1. The summed E-state index contributed by atoms with van der Waals surface area (Å²) < 4.78 is 0. The molecule has 0 aromatic heterocycles. The van der Waals surface area contributed by atoms with Crippen molar-refractivity contribution in [3.05, 3.63) is 29.3 Å². The Morgan fingerprint density at radius 3 is 2.82 bits per heavy atom. The van der Waals surface area contributed by atoms with E-state index < -0.39 is 0 Å². The maximum atomic E-state index is 11.8. The molecule has 1 unspecified atom stereocenters. The minimum Gasteiger partial charge on any atom is -0.333 e. The van der Waals surface area contributed by atoms with Gasteiger partial charge in [0.25, 0.3) is 0 Å². The number of halogens is 1. The second kappa shape index (κ2) is 5.38. The molecule has 2 rings (SSSR count). The van der Waals surface area contributed by atoms with E-state index in [1.165, 1.54) is 0 Å². The van der Waals surface area contributed by atoms with Gasteiger partial charge in [-0.25, -0.2) is 4.79 Å². The van der Waals surface area contributed by atoms with E-state index in [4.69, 9.17) is 11.6 Å². The Labute approximate surface area is 106 Å². The molecular formula is C12H16ClN3O. The second-order valence-electron chi connectivity index (χ2n) is 4.13. The Kier molecular flexibility index (Phi) is 3.86. The molecule has 1 heterocycles. The predicted molar refractivity (Wildman–Crippen MR) is 69.7 cm³/mol. The Hall–Kier alpha value is -1.26. The fourth-order valence-corrected chi connectivity index (χ4v) is 2.05. The SMILES string of the molecule is CNCCC1CN(c2ccc(Cl)cc2)C(=O)N1. The first-order valence-corrected chi connectivity index (χ1v) is 6.06. The van der Waals surface area contributed by atoms with Crippen molar-refractivity contribution in [2.75, 3.05) is 25.0 Å². The number of hydrogen-bond acceptors (Lipinski definition) is 2. The van der Waals surface area contributed by atoms with Gasteiger partial charge in [0.15, 0.2) is 0 Å². The predicted octanol–water partition coefficient (Wildman–Crippen LogP) is 1.85. The van der Waals surface area contributed by atoms with E-state index in [1.54, 1.807) is 17.0 Å². The highest BCUT2D eigenvalue weighted by molar-refractivity contribution is 6.30. The second-order valence-corrected chi connectivity index (χ2v) is 4.56. The molecule has 17 heavy (non-hydrogen) atoms. The van der Waals surface area contributed by atoms with E-state index in [2.05, 4.69) is 10.6 Å². The van der Waals surface area contributed by atoms with Crippen molar-refractivity contribution >= 4 is 23.3 Å². The van der Waals surface area contributed by atoms with Crippen LogP contribution in [0.4, 0.5) is 10.5 Å². The fraction of sp³-hybridized carbons (Fsp3) is 0.417. The summed E-state index contributed by atoms with van der Waals surface area (Å²) in [5.41, 5.74) is 0.888. The lowest BCUT2D eigenvalue weighted by atomic mass is 10.2. The standard InChI is InChI=1S/C12H16ClN3O/c1-14-7-6-10-8-16(12(17)15-10)11-4-2-9(13)3-5-11/h2-5,10,14H,6-8H2,1H3,(H,15,17). The lowest BCUT2D eigenvalue weighted by molar-refractivity contribution is 0.250. The van der Waals surface area contributed by atoms with E-state index in [0.717, 1.165) is 18.7 Å². The van der Waals surface area contributed by atoms with E-state index in [-0.39, 0.29) is 12.1 Å². The molecule has 1 aromatic rings. The highest BCUT2D eigenvalue weighted by Gasteiger charge is 2.28. The van der Waals surface area contributed by atoms with Gasteiger partial charge in [-0.3, -0.25) is 4.90 Å². The molecule has 2 amide bonds. The van der Waals surface area contributed by atoms with Gasteiger partial charge in [-0.05, 0) is 44.3 Å². The summed E-state index contributed by atoms with van der Waals surface area (Å²) in [4.78, 5) is 13.5. The molecule has 0 saturated carbocycles. The minimum absolute atomic E-state index is 0.0339. The average Bonchev–Trinajstić information content (AvgIpc) is 2.69. The summed E-state index contributed by atoms with van der Waals surface area (Å²) in [6, 6.07) is 7.50. The van der Waals surface area contributed by atoms with Gasteiger partial charge in [0.05, 0.1) is 0 Å². The first kappa shape index (κ1) is 12.2. The van der Waals surface area contributed by atoms with E-state index >= 15 is 0 Å². The Bertz CT molecular complexity index is 393. The lowest BCUT2D eigenvalue weighted by Gasteiger charge is -2.14. The van der Waals surface area contributed by atoms with Crippen LogP contribution in [0, 0.1) is 0 Å².